The van der Waals surface area contributed by atoms with E-state index in [-0.39, 0.29) is 28.7 Å². The Labute approximate surface area is 133 Å². The highest BCUT2D eigenvalue weighted by molar-refractivity contribution is 14.0. The van der Waals surface area contributed by atoms with Crippen molar-refractivity contribution < 1.29 is 0 Å². The molecule has 2 atom stereocenters. The largest absolute Gasteiger partial charge is 0.355 e. The third-order valence-electron chi connectivity index (χ3n) is 3.36. The molecule has 1 aliphatic carbocycles. The smallest absolute Gasteiger partial charge is 0.191 e. The first-order valence-corrected chi connectivity index (χ1v) is 7.77. The van der Waals surface area contributed by atoms with Crippen molar-refractivity contribution in [3.63, 3.8) is 0 Å². The summed E-state index contributed by atoms with van der Waals surface area (Å²) in [6, 6.07) is 0.651. The molecule has 1 saturated carbocycles. The summed E-state index contributed by atoms with van der Waals surface area (Å²) in [5, 5.41) is 6.91. The van der Waals surface area contributed by atoms with Gasteiger partial charge in [0.05, 0.1) is 0 Å². The SMILES string of the molecule is CCCC1CC1NC(=NC)NCC(C)(C)SC.I. The standard InChI is InChI=1S/C13H27N3S.HI/c1-6-7-10-8-11(10)16-12(14-4)15-9-13(2,3)17-5;/h10-11H,6-9H2,1-5H3,(H2,14,15,16);1H. The van der Waals surface area contributed by atoms with Crippen LogP contribution in [0.2, 0.25) is 0 Å². The fraction of sp³-hybridized carbons (Fsp3) is 0.923. The summed E-state index contributed by atoms with van der Waals surface area (Å²) in [5.74, 6) is 1.82. The van der Waals surface area contributed by atoms with Crippen LogP contribution in [0.25, 0.3) is 0 Å². The van der Waals surface area contributed by atoms with E-state index in [1.807, 2.05) is 18.8 Å². The molecule has 0 aromatic heterocycles. The number of nitrogens with one attached hydrogen (secondary N) is 2. The van der Waals surface area contributed by atoms with Crippen LogP contribution in [0.1, 0.15) is 40.0 Å². The van der Waals surface area contributed by atoms with Crippen LogP contribution in [-0.4, -0.2) is 36.6 Å². The lowest BCUT2D eigenvalue weighted by molar-refractivity contribution is 0.637. The summed E-state index contributed by atoms with van der Waals surface area (Å²) in [4.78, 5) is 4.29. The molecule has 0 aliphatic heterocycles. The summed E-state index contributed by atoms with van der Waals surface area (Å²) >= 11 is 1.88. The van der Waals surface area contributed by atoms with Gasteiger partial charge in [-0.25, -0.2) is 0 Å². The fourth-order valence-corrected chi connectivity index (χ4v) is 2.07. The van der Waals surface area contributed by atoms with Crippen LogP contribution in [0.5, 0.6) is 0 Å². The molecule has 3 nitrogen and oxygen atoms in total. The van der Waals surface area contributed by atoms with Gasteiger partial charge in [0, 0.05) is 24.4 Å². The van der Waals surface area contributed by atoms with Gasteiger partial charge in [-0.2, -0.15) is 11.8 Å². The lowest BCUT2D eigenvalue weighted by Crippen LogP contribution is -2.44. The van der Waals surface area contributed by atoms with E-state index in [0.29, 0.717) is 6.04 Å². The predicted octanol–water partition coefficient (Wildman–Crippen LogP) is 3.10. The van der Waals surface area contributed by atoms with Crippen LogP contribution < -0.4 is 10.6 Å². The Kier molecular flexibility index (Phi) is 8.67. The number of aliphatic imine (C=N–C) groups is 1. The number of halogens is 1. The Morgan fingerprint density at radius 3 is 2.61 bits per heavy atom. The molecule has 2 N–H and O–H groups in total. The lowest BCUT2D eigenvalue weighted by atomic mass is 10.2. The number of hydrogen-bond acceptors (Lipinski definition) is 2. The van der Waals surface area contributed by atoms with Crippen molar-refractivity contribution in [1.82, 2.24) is 10.6 Å². The summed E-state index contributed by atoms with van der Waals surface area (Å²) in [6.07, 6.45) is 6.08. The first-order chi connectivity index (χ1) is 8.02. The first-order valence-electron chi connectivity index (χ1n) is 6.54. The minimum Gasteiger partial charge on any atom is -0.355 e. The highest BCUT2D eigenvalue weighted by atomic mass is 127. The number of nitrogens with zero attached hydrogens (tertiary/aromatic N) is 1. The molecule has 0 spiro atoms. The molecule has 2 unspecified atom stereocenters. The third-order valence-corrected chi connectivity index (χ3v) is 4.61. The first kappa shape index (κ1) is 18.4. The molecule has 0 amide bonds. The van der Waals surface area contributed by atoms with Gasteiger partial charge in [0.25, 0.3) is 0 Å². The Hall–Kier alpha value is 0.350. The minimum absolute atomic E-state index is 0. The molecular formula is C13H28IN3S. The van der Waals surface area contributed by atoms with Gasteiger partial charge < -0.3 is 10.6 Å². The van der Waals surface area contributed by atoms with Crippen LogP contribution in [0.3, 0.4) is 0 Å². The quantitative estimate of drug-likeness (QED) is 0.419. The molecule has 108 valence electrons. The highest BCUT2D eigenvalue weighted by Gasteiger charge is 2.36. The normalized spacial score (nSPS) is 23.3. The van der Waals surface area contributed by atoms with Crippen molar-refractivity contribution in [2.45, 2.75) is 50.8 Å². The number of hydrogen-bond donors (Lipinski definition) is 2. The molecule has 1 fully saturated rings. The Morgan fingerprint density at radius 1 is 1.44 bits per heavy atom. The molecule has 1 rings (SSSR count). The van der Waals surface area contributed by atoms with Crippen LogP contribution in [0.4, 0.5) is 0 Å². The van der Waals surface area contributed by atoms with Crippen LogP contribution in [0.15, 0.2) is 4.99 Å². The molecule has 0 radical (unpaired) electrons. The average molecular weight is 385 g/mol. The van der Waals surface area contributed by atoms with E-state index in [0.717, 1.165) is 18.4 Å². The summed E-state index contributed by atoms with van der Waals surface area (Å²) in [5.41, 5.74) is 0. The van der Waals surface area contributed by atoms with Gasteiger partial charge in [-0.05, 0) is 38.9 Å². The van der Waals surface area contributed by atoms with E-state index >= 15 is 0 Å². The highest BCUT2D eigenvalue weighted by Crippen LogP contribution is 2.34. The van der Waals surface area contributed by atoms with Crippen LogP contribution in [-0.2, 0) is 0 Å². The van der Waals surface area contributed by atoms with Gasteiger partial charge in [-0.3, -0.25) is 4.99 Å². The van der Waals surface area contributed by atoms with Crippen molar-refractivity contribution in [1.29, 1.82) is 0 Å². The van der Waals surface area contributed by atoms with Crippen molar-refractivity contribution in [3.8, 4) is 0 Å². The van der Waals surface area contributed by atoms with Gasteiger partial charge in [0.1, 0.15) is 0 Å². The zero-order valence-corrected chi connectivity index (χ0v) is 15.4. The third kappa shape index (κ3) is 6.50. The molecule has 5 heteroatoms. The minimum atomic E-state index is 0. The zero-order valence-electron chi connectivity index (χ0n) is 12.2. The maximum Gasteiger partial charge on any atom is 0.191 e. The lowest BCUT2D eigenvalue weighted by Gasteiger charge is -2.23. The van der Waals surface area contributed by atoms with Crippen molar-refractivity contribution >= 4 is 41.7 Å². The maximum absolute atomic E-state index is 4.29. The average Bonchev–Trinajstić information content (AvgIpc) is 3.03. The van der Waals surface area contributed by atoms with E-state index in [4.69, 9.17) is 0 Å². The second kappa shape index (κ2) is 8.51. The maximum atomic E-state index is 4.29. The number of rotatable bonds is 6. The molecule has 1 aliphatic rings. The fourth-order valence-electron chi connectivity index (χ4n) is 1.85. The number of guanidine groups is 1. The van der Waals surface area contributed by atoms with Gasteiger partial charge >= 0.3 is 0 Å². The Morgan fingerprint density at radius 2 is 2.11 bits per heavy atom. The molecule has 0 heterocycles. The molecule has 0 aromatic rings. The van der Waals surface area contributed by atoms with E-state index in [2.05, 4.69) is 42.7 Å². The second-order valence-corrected chi connectivity index (χ2v) is 6.94. The predicted molar refractivity (Wildman–Crippen MR) is 94.3 cm³/mol. The van der Waals surface area contributed by atoms with Crippen molar-refractivity contribution in [2.75, 3.05) is 19.8 Å². The second-order valence-electron chi connectivity index (χ2n) is 5.42. The monoisotopic (exact) mass is 385 g/mol. The molecule has 0 saturated heterocycles. The van der Waals surface area contributed by atoms with Gasteiger partial charge in [0.2, 0.25) is 0 Å². The van der Waals surface area contributed by atoms with Crippen molar-refractivity contribution in [3.05, 3.63) is 0 Å². The van der Waals surface area contributed by atoms with E-state index in [1.165, 1.54) is 19.3 Å². The topological polar surface area (TPSA) is 36.4 Å². The van der Waals surface area contributed by atoms with Gasteiger partial charge in [0.15, 0.2) is 5.96 Å². The van der Waals surface area contributed by atoms with Crippen molar-refractivity contribution in [2.24, 2.45) is 10.9 Å². The summed E-state index contributed by atoms with van der Waals surface area (Å²) < 4.78 is 0.254. The molecule has 0 bridgehead atoms. The molecular weight excluding hydrogens is 357 g/mol. The van der Waals surface area contributed by atoms with Crippen LogP contribution in [0, 0.1) is 5.92 Å². The molecule has 18 heavy (non-hydrogen) atoms. The summed E-state index contributed by atoms with van der Waals surface area (Å²) in [6.45, 7) is 7.69. The Bertz CT molecular complexity index is 269. The van der Waals surface area contributed by atoms with Crippen LogP contribution >= 0.6 is 35.7 Å². The molecule has 0 aromatic carbocycles. The van der Waals surface area contributed by atoms with Gasteiger partial charge in [-0.15, -0.1) is 24.0 Å². The van der Waals surface area contributed by atoms with Gasteiger partial charge in [-0.1, -0.05) is 13.3 Å². The summed E-state index contributed by atoms with van der Waals surface area (Å²) in [7, 11) is 1.85. The van der Waals surface area contributed by atoms with E-state index in [9.17, 15) is 0 Å². The van der Waals surface area contributed by atoms with E-state index in [1.54, 1.807) is 0 Å². The number of thioether (sulfide) groups is 1. The zero-order chi connectivity index (χ0) is 12.9. The Balaban J connectivity index is 0.00000289. The van der Waals surface area contributed by atoms with E-state index < -0.39 is 0 Å².